The predicted octanol–water partition coefficient (Wildman–Crippen LogP) is 7.89. The molecule has 0 heterocycles. The van der Waals surface area contributed by atoms with E-state index in [2.05, 4.69) is 5.32 Å². The van der Waals surface area contributed by atoms with Crippen LogP contribution in [0, 0.1) is 0 Å². The Morgan fingerprint density at radius 3 is 2.24 bits per heavy atom. The van der Waals surface area contributed by atoms with Crippen molar-refractivity contribution in [2.75, 3.05) is 11.9 Å². The third kappa shape index (κ3) is 6.10. The Balaban J connectivity index is 1.82. The minimum absolute atomic E-state index is 0.288. The lowest BCUT2D eigenvalue weighted by Crippen LogP contribution is -2.06. The van der Waals surface area contributed by atoms with Crippen molar-refractivity contribution in [2.45, 2.75) is 20.1 Å². The molecular weight excluding hydrogens is 452 g/mol. The van der Waals surface area contributed by atoms with Gasteiger partial charge in [-0.1, -0.05) is 64.6 Å². The largest absolute Gasteiger partial charge is 0.490 e. The molecule has 0 aliphatic rings. The van der Waals surface area contributed by atoms with Crippen molar-refractivity contribution < 1.29 is 9.47 Å². The summed E-state index contributed by atoms with van der Waals surface area (Å²) in [7, 11) is 0. The van der Waals surface area contributed by atoms with Crippen molar-refractivity contribution in [1.29, 1.82) is 0 Å². The summed E-state index contributed by atoms with van der Waals surface area (Å²) in [5.41, 5.74) is 2.58. The second kappa shape index (κ2) is 10.3. The molecule has 7 heteroatoms. The first-order chi connectivity index (χ1) is 14.0. The smallest absolute Gasteiger partial charge is 0.166 e. The van der Waals surface area contributed by atoms with Crippen LogP contribution in [-0.2, 0) is 13.2 Å². The van der Waals surface area contributed by atoms with Gasteiger partial charge < -0.3 is 14.8 Å². The van der Waals surface area contributed by atoms with Gasteiger partial charge >= 0.3 is 0 Å². The van der Waals surface area contributed by atoms with E-state index in [-0.39, 0.29) is 6.61 Å². The summed E-state index contributed by atoms with van der Waals surface area (Å²) < 4.78 is 11.9. The lowest BCUT2D eigenvalue weighted by atomic mass is 10.1. The first-order valence-electron chi connectivity index (χ1n) is 8.97. The topological polar surface area (TPSA) is 30.5 Å². The predicted molar refractivity (Wildman–Crippen MR) is 122 cm³/mol. The highest BCUT2D eigenvalue weighted by atomic mass is 35.5. The van der Waals surface area contributed by atoms with E-state index < -0.39 is 0 Å². The fraction of sp³-hybridized carbons (Fsp3) is 0.182. The van der Waals surface area contributed by atoms with Crippen molar-refractivity contribution in [3.8, 4) is 11.5 Å². The van der Waals surface area contributed by atoms with Gasteiger partial charge in [-0.25, -0.2) is 0 Å². The molecule has 0 aromatic heterocycles. The summed E-state index contributed by atoms with van der Waals surface area (Å²) in [6.45, 7) is 3.24. The average Bonchev–Trinajstić information content (AvgIpc) is 2.66. The fourth-order valence-corrected chi connectivity index (χ4v) is 3.76. The zero-order valence-electron chi connectivity index (χ0n) is 15.6. The van der Waals surface area contributed by atoms with Gasteiger partial charge in [-0.3, -0.25) is 0 Å². The molecule has 0 radical (unpaired) electrons. The van der Waals surface area contributed by atoms with E-state index in [0.29, 0.717) is 44.7 Å². The van der Waals surface area contributed by atoms with E-state index in [9.17, 15) is 0 Å². The maximum Gasteiger partial charge on any atom is 0.166 e. The lowest BCUT2D eigenvalue weighted by molar-refractivity contribution is 0.267. The standard InChI is InChI=1S/C22H19Cl4NO2/c1-2-28-21-5-3-4-14(12-27-19-9-17(24)8-18(25)10-19)22(21)29-13-15-6-7-16(23)11-20(15)26/h3-11,27H,2,12-13H2,1H3. The van der Waals surface area contributed by atoms with Gasteiger partial charge in [-0.2, -0.15) is 0 Å². The summed E-state index contributed by atoms with van der Waals surface area (Å²) in [5.74, 6) is 1.32. The summed E-state index contributed by atoms with van der Waals surface area (Å²) in [5, 5.41) is 5.59. The third-order valence-electron chi connectivity index (χ3n) is 4.09. The van der Waals surface area contributed by atoms with Gasteiger partial charge in [0.25, 0.3) is 0 Å². The van der Waals surface area contributed by atoms with Crippen LogP contribution in [0.5, 0.6) is 11.5 Å². The van der Waals surface area contributed by atoms with Crippen molar-refractivity contribution in [1.82, 2.24) is 0 Å². The molecule has 3 nitrogen and oxygen atoms in total. The average molecular weight is 471 g/mol. The van der Waals surface area contributed by atoms with Crippen LogP contribution in [0.25, 0.3) is 0 Å². The molecule has 0 amide bonds. The highest BCUT2D eigenvalue weighted by Crippen LogP contribution is 2.34. The second-order valence-corrected chi connectivity index (χ2v) is 7.93. The molecule has 3 aromatic rings. The quantitative estimate of drug-likeness (QED) is 0.363. The minimum atomic E-state index is 0.288. The van der Waals surface area contributed by atoms with Gasteiger partial charge in [0.15, 0.2) is 11.5 Å². The molecule has 1 N–H and O–H groups in total. The fourth-order valence-electron chi connectivity index (χ4n) is 2.78. The number of halogens is 4. The number of rotatable bonds is 8. The molecule has 3 rings (SSSR count). The van der Waals surface area contributed by atoms with E-state index in [1.807, 2.05) is 43.3 Å². The highest BCUT2D eigenvalue weighted by molar-refractivity contribution is 6.35. The molecule has 0 unspecified atom stereocenters. The van der Waals surface area contributed by atoms with Crippen LogP contribution in [0.3, 0.4) is 0 Å². The van der Waals surface area contributed by atoms with Crippen molar-refractivity contribution >= 4 is 52.1 Å². The van der Waals surface area contributed by atoms with Crippen LogP contribution < -0.4 is 14.8 Å². The van der Waals surface area contributed by atoms with Gasteiger partial charge in [0.2, 0.25) is 0 Å². The number of para-hydroxylation sites is 1. The maximum absolute atomic E-state index is 6.27. The normalized spacial score (nSPS) is 10.7. The number of benzene rings is 3. The molecule has 0 fully saturated rings. The zero-order valence-corrected chi connectivity index (χ0v) is 18.7. The summed E-state index contributed by atoms with van der Waals surface area (Å²) in [6.07, 6.45) is 0. The number of anilines is 1. The van der Waals surface area contributed by atoms with E-state index in [1.54, 1.807) is 18.2 Å². The van der Waals surface area contributed by atoms with Gasteiger partial charge in [-0.15, -0.1) is 0 Å². The molecule has 3 aromatic carbocycles. The zero-order chi connectivity index (χ0) is 20.8. The maximum atomic E-state index is 6.27. The highest BCUT2D eigenvalue weighted by Gasteiger charge is 2.13. The van der Waals surface area contributed by atoms with Crippen LogP contribution in [0.2, 0.25) is 20.1 Å². The molecule has 0 aliphatic carbocycles. The molecular formula is C22H19Cl4NO2. The van der Waals surface area contributed by atoms with Gasteiger partial charge in [-0.05, 0) is 43.3 Å². The van der Waals surface area contributed by atoms with Crippen LogP contribution in [0.4, 0.5) is 5.69 Å². The van der Waals surface area contributed by atoms with Crippen LogP contribution >= 0.6 is 46.4 Å². The van der Waals surface area contributed by atoms with E-state index in [4.69, 9.17) is 55.9 Å². The third-order valence-corrected chi connectivity index (χ3v) is 5.12. The lowest BCUT2D eigenvalue weighted by Gasteiger charge is -2.17. The number of hydrogen-bond donors (Lipinski definition) is 1. The second-order valence-electron chi connectivity index (χ2n) is 6.21. The van der Waals surface area contributed by atoms with Crippen molar-refractivity contribution in [3.63, 3.8) is 0 Å². The Bertz CT molecular complexity index is 974. The Labute approximate surface area is 190 Å². The molecule has 0 saturated carbocycles. The molecule has 0 aliphatic heterocycles. The van der Waals surface area contributed by atoms with Gasteiger partial charge in [0.1, 0.15) is 6.61 Å². The molecule has 29 heavy (non-hydrogen) atoms. The van der Waals surface area contributed by atoms with Crippen LogP contribution in [0.15, 0.2) is 54.6 Å². The number of nitrogens with one attached hydrogen (secondary N) is 1. The monoisotopic (exact) mass is 469 g/mol. The minimum Gasteiger partial charge on any atom is -0.490 e. The number of hydrogen-bond acceptors (Lipinski definition) is 3. The molecule has 152 valence electrons. The first kappa shape index (κ1) is 21.9. The molecule has 0 spiro atoms. The Morgan fingerprint density at radius 2 is 1.55 bits per heavy atom. The Kier molecular flexibility index (Phi) is 7.79. The summed E-state index contributed by atoms with van der Waals surface area (Å²) in [4.78, 5) is 0. The molecule has 0 saturated heterocycles. The SMILES string of the molecule is CCOc1cccc(CNc2cc(Cl)cc(Cl)c2)c1OCc1ccc(Cl)cc1Cl. The number of ether oxygens (including phenoxy) is 2. The summed E-state index contributed by atoms with van der Waals surface area (Å²) >= 11 is 24.4. The molecule has 0 atom stereocenters. The Hall–Kier alpha value is -1.78. The van der Waals surface area contributed by atoms with Gasteiger partial charge in [0, 0.05) is 43.4 Å². The summed E-state index contributed by atoms with van der Waals surface area (Å²) in [6, 6.07) is 16.4. The van der Waals surface area contributed by atoms with E-state index >= 15 is 0 Å². The van der Waals surface area contributed by atoms with Gasteiger partial charge in [0.05, 0.1) is 6.61 Å². The van der Waals surface area contributed by atoms with Crippen molar-refractivity contribution in [2.24, 2.45) is 0 Å². The van der Waals surface area contributed by atoms with Crippen LogP contribution in [0.1, 0.15) is 18.1 Å². The van der Waals surface area contributed by atoms with Crippen LogP contribution in [-0.4, -0.2) is 6.61 Å². The Morgan fingerprint density at radius 1 is 0.793 bits per heavy atom. The van der Waals surface area contributed by atoms with E-state index in [1.165, 1.54) is 0 Å². The first-order valence-corrected chi connectivity index (χ1v) is 10.5. The van der Waals surface area contributed by atoms with E-state index in [0.717, 1.165) is 16.8 Å². The molecule has 0 bridgehead atoms. The van der Waals surface area contributed by atoms with Crippen molar-refractivity contribution in [3.05, 3.63) is 85.8 Å².